The van der Waals surface area contributed by atoms with Crippen molar-refractivity contribution in [2.24, 2.45) is 15.9 Å². The molecular weight excluding hydrogens is 450 g/mol. The molecule has 5 nitrogen and oxygen atoms in total. The average molecular weight is 472 g/mol. The first-order chi connectivity index (χ1) is 13.5. The van der Waals surface area contributed by atoms with Crippen molar-refractivity contribution in [3.63, 3.8) is 0 Å². The summed E-state index contributed by atoms with van der Waals surface area (Å²) in [6, 6.07) is 13.8. The van der Waals surface area contributed by atoms with Gasteiger partial charge in [0.1, 0.15) is 11.8 Å². The zero-order valence-corrected chi connectivity index (χ0v) is 18.7. The van der Waals surface area contributed by atoms with Crippen LogP contribution in [0.2, 0.25) is 0 Å². The molecule has 0 aliphatic rings. The molecule has 0 radical (unpaired) electrons. The Morgan fingerprint density at radius 1 is 1.21 bits per heavy atom. The van der Waals surface area contributed by atoms with E-state index in [1.54, 1.807) is 0 Å². The SMILES string of the molecule is Br.Cc1cc(C)c2c(=O)c(/C=N/N=C(N)SC/C=C/c3ccccc3)coc2c1. The molecule has 0 saturated heterocycles. The summed E-state index contributed by atoms with van der Waals surface area (Å²) in [4.78, 5) is 12.6. The van der Waals surface area contributed by atoms with Crippen LogP contribution in [0.1, 0.15) is 22.3 Å². The van der Waals surface area contributed by atoms with Gasteiger partial charge in [-0.2, -0.15) is 5.10 Å². The molecule has 7 heteroatoms. The topological polar surface area (TPSA) is 81.0 Å². The Labute approximate surface area is 184 Å². The van der Waals surface area contributed by atoms with E-state index in [-0.39, 0.29) is 22.4 Å². The summed E-state index contributed by atoms with van der Waals surface area (Å²) in [5, 5.41) is 8.75. The van der Waals surface area contributed by atoms with Gasteiger partial charge in [-0.3, -0.25) is 4.79 Å². The van der Waals surface area contributed by atoms with Crippen molar-refractivity contribution in [2.75, 3.05) is 5.75 Å². The van der Waals surface area contributed by atoms with E-state index in [4.69, 9.17) is 10.2 Å². The number of amidine groups is 1. The number of nitrogens with two attached hydrogens (primary N) is 1. The Hall–Kier alpha value is -2.64. The Morgan fingerprint density at radius 3 is 2.72 bits per heavy atom. The van der Waals surface area contributed by atoms with Crippen LogP contribution in [0.4, 0.5) is 0 Å². The molecule has 0 amide bonds. The molecule has 0 unspecified atom stereocenters. The van der Waals surface area contributed by atoms with Gasteiger partial charge in [0.25, 0.3) is 0 Å². The zero-order chi connectivity index (χ0) is 19.9. The van der Waals surface area contributed by atoms with E-state index in [2.05, 4.69) is 10.2 Å². The van der Waals surface area contributed by atoms with Crippen molar-refractivity contribution >= 4 is 57.2 Å². The van der Waals surface area contributed by atoms with Gasteiger partial charge in [-0.05, 0) is 36.6 Å². The number of thioether (sulfide) groups is 1. The smallest absolute Gasteiger partial charge is 0.201 e. The second-order valence-corrected chi connectivity index (χ2v) is 7.32. The standard InChI is InChI=1S/C22H21N3O2S.BrH/c1-15-11-16(2)20-19(12-15)27-14-18(21(20)26)13-24-25-22(23)28-10-6-9-17-7-4-3-5-8-17;/h3-9,11-14H,10H2,1-2H3,(H2,23,25);1H/b9-6+,24-13+;. The Morgan fingerprint density at radius 2 is 1.97 bits per heavy atom. The molecule has 1 heterocycles. The molecule has 3 rings (SSSR count). The van der Waals surface area contributed by atoms with Gasteiger partial charge < -0.3 is 10.2 Å². The van der Waals surface area contributed by atoms with E-state index in [1.165, 1.54) is 24.2 Å². The van der Waals surface area contributed by atoms with E-state index >= 15 is 0 Å². The number of hydrogen-bond donors (Lipinski definition) is 1. The van der Waals surface area contributed by atoms with Crippen LogP contribution < -0.4 is 11.2 Å². The maximum Gasteiger partial charge on any atom is 0.201 e. The van der Waals surface area contributed by atoms with Crippen LogP contribution in [-0.4, -0.2) is 17.1 Å². The second kappa shape index (κ2) is 10.8. The highest BCUT2D eigenvalue weighted by molar-refractivity contribution is 8.93. The third-order valence-corrected chi connectivity index (χ3v) is 4.77. The monoisotopic (exact) mass is 471 g/mol. The van der Waals surface area contributed by atoms with Crippen molar-refractivity contribution in [2.45, 2.75) is 13.8 Å². The van der Waals surface area contributed by atoms with Gasteiger partial charge in [0.05, 0.1) is 17.2 Å². The maximum atomic E-state index is 12.6. The normalized spacial score (nSPS) is 12.0. The number of benzene rings is 2. The van der Waals surface area contributed by atoms with Crippen LogP contribution in [0.3, 0.4) is 0 Å². The van der Waals surface area contributed by atoms with Crippen LogP contribution in [0.15, 0.2) is 74.2 Å². The third-order valence-electron chi connectivity index (χ3n) is 4.04. The highest BCUT2D eigenvalue weighted by atomic mass is 79.9. The molecule has 150 valence electrons. The summed E-state index contributed by atoms with van der Waals surface area (Å²) < 4.78 is 5.58. The summed E-state index contributed by atoms with van der Waals surface area (Å²) in [5.74, 6) is 0.677. The molecule has 29 heavy (non-hydrogen) atoms. The molecule has 0 bridgehead atoms. The minimum Gasteiger partial charge on any atom is -0.463 e. The third kappa shape index (κ3) is 6.17. The highest BCUT2D eigenvalue weighted by Gasteiger charge is 2.08. The van der Waals surface area contributed by atoms with Gasteiger partial charge in [0.2, 0.25) is 5.43 Å². The van der Waals surface area contributed by atoms with Crippen molar-refractivity contribution in [1.82, 2.24) is 0 Å². The Bertz CT molecular complexity index is 1120. The summed E-state index contributed by atoms with van der Waals surface area (Å²) in [5.41, 5.74) is 9.68. The number of nitrogens with zero attached hydrogens (tertiary/aromatic N) is 2. The van der Waals surface area contributed by atoms with Gasteiger partial charge in [-0.1, -0.05) is 60.3 Å². The van der Waals surface area contributed by atoms with E-state index < -0.39 is 0 Å². The van der Waals surface area contributed by atoms with Crippen molar-refractivity contribution in [3.8, 4) is 0 Å². The van der Waals surface area contributed by atoms with Crippen molar-refractivity contribution < 1.29 is 4.42 Å². The van der Waals surface area contributed by atoms with Crippen LogP contribution in [-0.2, 0) is 0 Å². The number of fused-ring (bicyclic) bond motifs is 1. The Kier molecular flexibility index (Phi) is 8.42. The first kappa shape index (κ1) is 22.6. The van der Waals surface area contributed by atoms with Crippen LogP contribution in [0.25, 0.3) is 17.0 Å². The van der Waals surface area contributed by atoms with E-state index in [0.717, 1.165) is 16.7 Å². The molecule has 0 saturated carbocycles. The molecule has 0 fully saturated rings. The molecule has 2 N–H and O–H groups in total. The average Bonchev–Trinajstić information content (AvgIpc) is 2.67. The van der Waals surface area contributed by atoms with Gasteiger partial charge in [-0.15, -0.1) is 22.1 Å². The van der Waals surface area contributed by atoms with E-state index in [0.29, 0.717) is 27.5 Å². The molecule has 3 aromatic rings. The summed E-state index contributed by atoms with van der Waals surface area (Å²) >= 11 is 1.37. The number of rotatable bonds is 5. The van der Waals surface area contributed by atoms with E-state index in [9.17, 15) is 4.79 Å². The fourth-order valence-electron chi connectivity index (χ4n) is 2.79. The van der Waals surface area contributed by atoms with Crippen LogP contribution in [0, 0.1) is 13.8 Å². The van der Waals surface area contributed by atoms with Crippen LogP contribution in [0.5, 0.6) is 0 Å². The maximum absolute atomic E-state index is 12.6. The minimum atomic E-state index is -0.130. The summed E-state index contributed by atoms with van der Waals surface area (Å²) in [6.45, 7) is 3.86. The predicted octanol–water partition coefficient (Wildman–Crippen LogP) is 5.08. The lowest BCUT2D eigenvalue weighted by Crippen LogP contribution is -2.10. The molecule has 0 aliphatic carbocycles. The number of hydrogen-bond acceptors (Lipinski definition) is 5. The number of aryl methyl sites for hydroxylation is 2. The first-order valence-electron chi connectivity index (χ1n) is 8.78. The lowest BCUT2D eigenvalue weighted by molar-refractivity contribution is 0.601. The van der Waals surface area contributed by atoms with Gasteiger partial charge in [-0.25, -0.2) is 0 Å². The highest BCUT2D eigenvalue weighted by Crippen LogP contribution is 2.17. The Balaban J connectivity index is 0.00000300. The number of halogens is 1. The summed E-state index contributed by atoms with van der Waals surface area (Å²) in [7, 11) is 0. The molecule has 1 aromatic heterocycles. The van der Waals surface area contributed by atoms with Crippen molar-refractivity contribution in [1.29, 1.82) is 0 Å². The minimum absolute atomic E-state index is 0. The van der Waals surface area contributed by atoms with E-state index in [1.807, 2.05) is 68.5 Å². The largest absolute Gasteiger partial charge is 0.463 e. The molecule has 0 atom stereocenters. The van der Waals surface area contributed by atoms with Crippen LogP contribution >= 0.6 is 28.7 Å². The van der Waals surface area contributed by atoms with Gasteiger partial charge in [0, 0.05) is 5.75 Å². The predicted molar refractivity (Wildman–Crippen MR) is 129 cm³/mol. The fraction of sp³-hybridized carbons (Fsp3) is 0.136. The fourth-order valence-corrected chi connectivity index (χ4v) is 3.25. The molecule has 0 aliphatic heterocycles. The van der Waals surface area contributed by atoms with Crippen molar-refractivity contribution in [3.05, 3.63) is 87.3 Å². The van der Waals surface area contributed by atoms with Gasteiger partial charge in [0.15, 0.2) is 5.17 Å². The quantitative estimate of drug-likeness (QED) is 0.319. The lowest BCUT2D eigenvalue weighted by Gasteiger charge is -2.03. The first-order valence-corrected chi connectivity index (χ1v) is 9.77. The second-order valence-electron chi connectivity index (χ2n) is 6.28. The molecule has 2 aromatic carbocycles. The molecular formula is C22H22BrN3O2S. The summed E-state index contributed by atoms with van der Waals surface area (Å²) in [6.07, 6.45) is 6.80. The van der Waals surface area contributed by atoms with Gasteiger partial charge >= 0.3 is 0 Å². The lowest BCUT2D eigenvalue weighted by atomic mass is 10.1. The molecule has 0 spiro atoms. The zero-order valence-electron chi connectivity index (χ0n) is 16.2.